The van der Waals surface area contributed by atoms with E-state index in [-0.39, 0.29) is 31.3 Å². The number of nitrogens with zero attached hydrogens (tertiary/aromatic N) is 4. The normalized spacial score (nSPS) is 25.2. The Kier molecular flexibility index (Phi) is 4.13. The smallest absolute Gasteiger partial charge is 0.253 e. The van der Waals surface area contributed by atoms with Gasteiger partial charge in [-0.2, -0.15) is 0 Å². The Morgan fingerprint density at radius 2 is 1.85 bits per heavy atom. The highest BCUT2D eigenvalue weighted by Crippen LogP contribution is 2.44. The molecular formula is C17H20F2N4O3. The second-order valence-electron chi connectivity index (χ2n) is 7.33. The summed E-state index contributed by atoms with van der Waals surface area (Å²) in [6.07, 6.45) is 5.01. The van der Waals surface area contributed by atoms with Crippen molar-refractivity contribution >= 4 is 17.5 Å². The van der Waals surface area contributed by atoms with E-state index in [1.165, 1.54) is 6.33 Å². The quantitative estimate of drug-likeness (QED) is 0.787. The lowest BCUT2D eigenvalue weighted by atomic mass is 9.79. The first-order chi connectivity index (χ1) is 12.4. The van der Waals surface area contributed by atoms with Crippen LogP contribution in [0.15, 0.2) is 18.7 Å². The molecule has 1 aromatic rings. The van der Waals surface area contributed by atoms with Crippen LogP contribution in [0.5, 0.6) is 0 Å². The second kappa shape index (κ2) is 6.22. The van der Waals surface area contributed by atoms with Crippen molar-refractivity contribution in [1.82, 2.24) is 14.9 Å². The Morgan fingerprint density at radius 1 is 1.19 bits per heavy atom. The van der Waals surface area contributed by atoms with Gasteiger partial charge in [-0.25, -0.2) is 18.7 Å². The zero-order valence-corrected chi connectivity index (χ0v) is 14.2. The van der Waals surface area contributed by atoms with Crippen molar-refractivity contribution in [1.29, 1.82) is 0 Å². The maximum atomic E-state index is 13.0. The molecule has 1 spiro atoms. The van der Waals surface area contributed by atoms with Gasteiger partial charge in [-0.15, -0.1) is 0 Å². The Bertz CT molecular complexity index is 699. The number of hydrogen-bond acceptors (Lipinski definition) is 5. The lowest BCUT2D eigenvalue weighted by Gasteiger charge is -2.48. The SMILES string of the molecule is O=C(C1CC(F)(F)C1)N1CCC2(CC1)CN(c1cncnc1)C(=O)CO2. The largest absolute Gasteiger partial charge is 0.363 e. The van der Waals surface area contributed by atoms with E-state index in [0.717, 1.165) is 0 Å². The lowest BCUT2D eigenvalue weighted by molar-refractivity contribution is -0.166. The number of aromatic nitrogens is 2. The summed E-state index contributed by atoms with van der Waals surface area (Å²) in [5, 5.41) is 0. The highest BCUT2D eigenvalue weighted by Gasteiger charge is 2.51. The molecule has 0 atom stereocenters. The Balaban J connectivity index is 1.39. The maximum absolute atomic E-state index is 13.0. The van der Waals surface area contributed by atoms with Crippen molar-refractivity contribution in [2.75, 3.05) is 31.1 Å². The van der Waals surface area contributed by atoms with Gasteiger partial charge in [0.2, 0.25) is 11.8 Å². The van der Waals surface area contributed by atoms with Crippen LogP contribution >= 0.6 is 0 Å². The molecule has 3 heterocycles. The molecule has 1 saturated carbocycles. The summed E-state index contributed by atoms with van der Waals surface area (Å²) >= 11 is 0. The van der Waals surface area contributed by atoms with Crippen molar-refractivity contribution in [2.24, 2.45) is 5.92 Å². The maximum Gasteiger partial charge on any atom is 0.253 e. The van der Waals surface area contributed by atoms with E-state index in [4.69, 9.17) is 4.74 Å². The third-order valence-corrected chi connectivity index (χ3v) is 5.53. The van der Waals surface area contributed by atoms with Gasteiger partial charge in [0, 0.05) is 31.8 Å². The molecule has 0 bridgehead atoms. The number of carbonyl (C=O) groups is 2. The minimum Gasteiger partial charge on any atom is -0.363 e. The number of anilines is 1. The van der Waals surface area contributed by atoms with Gasteiger partial charge in [0.1, 0.15) is 12.9 Å². The van der Waals surface area contributed by atoms with Gasteiger partial charge in [-0.1, -0.05) is 0 Å². The van der Waals surface area contributed by atoms with E-state index >= 15 is 0 Å². The van der Waals surface area contributed by atoms with E-state index in [1.807, 2.05) is 0 Å². The first-order valence-electron chi connectivity index (χ1n) is 8.74. The average molecular weight is 366 g/mol. The molecule has 7 nitrogen and oxygen atoms in total. The summed E-state index contributed by atoms with van der Waals surface area (Å²) in [6.45, 7) is 1.25. The van der Waals surface area contributed by atoms with E-state index in [9.17, 15) is 18.4 Å². The number of piperidine rings is 1. The van der Waals surface area contributed by atoms with Crippen LogP contribution in [0.3, 0.4) is 0 Å². The Hall–Kier alpha value is -2.16. The second-order valence-corrected chi connectivity index (χ2v) is 7.33. The van der Waals surface area contributed by atoms with Crippen molar-refractivity contribution in [3.8, 4) is 0 Å². The van der Waals surface area contributed by atoms with Crippen LogP contribution in [0.2, 0.25) is 0 Å². The summed E-state index contributed by atoms with van der Waals surface area (Å²) in [4.78, 5) is 35.7. The van der Waals surface area contributed by atoms with E-state index in [2.05, 4.69) is 9.97 Å². The predicted molar refractivity (Wildman–Crippen MR) is 86.6 cm³/mol. The third-order valence-electron chi connectivity index (χ3n) is 5.53. The highest BCUT2D eigenvalue weighted by atomic mass is 19.3. The average Bonchev–Trinajstić information content (AvgIpc) is 2.63. The first-order valence-corrected chi connectivity index (χ1v) is 8.74. The van der Waals surface area contributed by atoms with Gasteiger partial charge >= 0.3 is 0 Å². The molecule has 3 aliphatic rings. The third kappa shape index (κ3) is 3.15. The van der Waals surface area contributed by atoms with Gasteiger partial charge in [-0.3, -0.25) is 9.59 Å². The fourth-order valence-corrected chi connectivity index (χ4v) is 3.91. The number of morpholine rings is 1. The van der Waals surface area contributed by atoms with Crippen LogP contribution in [-0.4, -0.2) is 64.4 Å². The molecule has 1 aliphatic carbocycles. The summed E-state index contributed by atoms with van der Waals surface area (Å²) in [5.74, 6) is -3.60. The van der Waals surface area contributed by atoms with Crippen molar-refractivity contribution in [3.63, 3.8) is 0 Å². The standard InChI is InChI=1S/C17H20F2N4O3/c18-17(19)5-12(6-17)15(25)22-3-1-16(2-4-22)10-23(14(24)9-26-16)13-7-20-11-21-8-13/h7-8,11-12H,1-6,9-10H2. The zero-order chi connectivity index (χ0) is 18.4. The molecule has 0 N–H and O–H groups in total. The van der Waals surface area contributed by atoms with Crippen molar-refractivity contribution < 1.29 is 23.1 Å². The first kappa shape index (κ1) is 17.3. The molecule has 0 radical (unpaired) electrons. The number of halogens is 2. The van der Waals surface area contributed by atoms with Crippen LogP contribution in [0.1, 0.15) is 25.7 Å². The minimum absolute atomic E-state index is 0.0301. The van der Waals surface area contributed by atoms with Crippen LogP contribution in [-0.2, 0) is 14.3 Å². The molecule has 0 aromatic carbocycles. The van der Waals surface area contributed by atoms with E-state index in [1.54, 1.807) is 22.2 Å². The van der Waals surface area contributed by atoms with Crippen LogP contribution in [0, 0.1) is 5.92 Å². The van der Waals surface area contributed by atoms with Crippen LogP contribution in [0.25, 0.3) is 0 Å². The topological polar surface area (TPSA) is 75.6 Å². The fraction of sp³-hybridized carbons (Fsp3) is 0.647. The van der Waals surface area contributed by atoms with Gasteiger partial charge in [0.25, 0.3) is 5.91 Å². The lowest BCUT2D eigenvalue weighted by Crippen LogP contribution is -2.60. The summed E-state index contributed by atoms with van der Waals surface area (Å²) in [5.41, 5.74) is 0.0970. The number of amides is 2. The van der Waals surface area contributed by atoms with E-state index in [0.29, 0.717) is 38.2 Å². The molecular weight excluding hydrogens is 346 g/mol. The van der Waals surface area contributed by atoms with Gasteiger partial charge in [-0.05, 0) is 12.8 Å². The molecule has 4 rings (SSSR count). The highest BCUT2D eigenvalue weighted by molar-refractivity contribution is 5.94. The molecule has 2 saturated heterocycles. The number of carbonyl (C=O) groups excluding carboxylic acids is 2. The molecule has 3 fully saturated rings. The van der Waals surface area contributed by atoms with Gasteiger partial charge < -0.3 is 14.5 Å². The van der Waals surface area contributed by atoms with Crippen LogP contribution < -0.4 is 4.90 Å². The number of hydrogen-bond donors (Lipinski definition) is 0. The number of alkyl halides is 2. The van der Waals surface area contributed by atoms with E-state index < -0.39 is 17.4 Å². The number of ether oxygens (including phenoxy) is 1. The monoisotopic (exact) mass is 366 g/mol. The molecule has 2 amide bonds. The molecule has 140 valence electrons. The molecule has 9 heteroatoms. The zero-order valence-electron chi connectivity index (χ0n) is 14.2. The number of likely N-dealkylation sites (tertiary alicyclic amines) is 1. The molecule has 26 heavy (non-hydrogen) atoms. The predicted octanol–water partition coefficient (Wildman–Crippen LogP) is 1.25. The minimum atomic E-state index is -2.69. The molecule has 0 unspecified atom stereocenters. The summed E-state index contributed by atoms with van der Waals surface area (Å²) < 4.78 is 31.9. The molecule has 1 aromatic heterocycles. The Labute approximate surface area is 149 Å². The summed E-state index contributed by atoms with van der Waals surface area (Å²) in [7, 11) is 0. The molecule has 2 aliphatic heterocycles. The van der Waals surface area contributed by atoms with Crippen LogP contribution in [0.4, 0.5) is 14.5 Å². The Morgan fingerprint density at radius 3 is 2.46 bits per heavy atom. The van der Waals surface area contributed by atoms with Crippen molar-refractivity contribution in [2.45, 2.75) is 37.2 Å². The van der Waals surface area contributed by atoms with Gasteiger partial charge in [0.15, 0.2) is 0 Å². The number of rotatable bonds is 2. The summed E-state index contributed by atoms with van der Waals surface area (Å²) in [6, 6.07) is 0. The fourth-order valence-electron chi connectivity index (χ4n) is 3.91. The van der Waals surface area contributed by atoms with Crippen molar-refractivity contribution in [3.05, 3.63) is 18.7 Å². The van der Waals surface area contributed by atoms with Gasteiger partial charge in [0.05, 0.1) is 30.2 Å².